The van der Waals surface area contributed by atoms with Crippen LogP contribution < -0.4 is 5.32 Å². The maximum absolute atomic E-state index is 13.3. The number of hydrogen-bond acceptors (Lipinski definition) is 3. The number of aromatic amines is 1. The van der Waals surface area contributed by atoms with E-state index in [2.05, 4.69) is 15.5 Å². The molecular formula is C14H12F3N3OS. The number of amides is 1. The lowest BCUT2D eigenvalue weighted by Crippen LogP contribution is -2.12. The summed E-state index contributed by atoms with van der Waals surface area (Å²) in [5.74, 6) is 0.103. The van der Waals surface area contributed by atoms with E-state index in [9.17, 15) is 18.0 Å². The number of fused-ring (bicyclic) bond motifs is 1. The topological polar surface area (TPSA) is 57.8 Å². The highest BCUT2D eigenvalue weighted by molar-refractivity contribution is 8.00. The maximum atomic E-state index is 13.3. The number of H-pyrrole nitrogens is 1. The predicted octanol–water partition coefficient (Wildman–Crippen LogP) is 3.51. The van der Waals surface area contributed by atoms with Gasteiger partial charge in [-0.25, -0.2) is 0 Å². The molecule has 0 radical (unpaired) electrons. The van der Waals surface area contributed by atoms with Crippen LogP contribution in [-0.2, 0) is 11.0 Å². The standard InChI is InChI=1S/C14H12F3N3OS/c1-7-11-12(22-6-10(21)18-13(11)20-19-7)8-4-2-3-5-9(8)14(15,16)17/h2-5,12H,6H2,1H3,(H2,18,19,20,21)/t12-/m1/s1. The van der Waals surface area contributed by atoms with E-state index in [4.69, 9.17) is 0 Å². The first-order chi connectivity index (χ1) is 10.4. The monoisotopic (exact) mass is 327 g/mol. The van der Waals surface area contributed by atoms with Crippen LogP contribution in [-0.4, -0.2) is 21.9 Å². The van der Waals surface area contributed by atoms with Gasteiger partial charge in [-0.2, -0.15) is 18.3 Å². The fourth-order valence-electron chi connectivity index (χ4n) is 2.49. The van der Waals surface area contributed by atoms with Crippen LogP contribution in [0.25, 0.3) is 0 Å². The van der Waals surface area contributed by atoms with Gasteiger partial charge in [0.05, 0.1) is 16.6 Å². The number of nitrogens with one attached hydrogen (secondary N) is 2. The third-order valence-electron chi connectivity index (χ3n) is 3.44. The first-order valence-electron chi connectivity index (χ1n) is 6.50. The van der Waals surface area contributed by atoms with Crippen LogP contribution >= 0.6 is 11.8 Å². The zero-order chi connectivity index (χ0) is 15.9. The van der Waals surface area contributed by atoms with Crippen molar-refractivity contribution < 1.29 is 18.0 Å². The molecule has 3 rings (SSSR count). The van der Waals surface area contributed by atoms with E-state index in [1.165, 1.54) is 12.1 Å². The SMILES string of the molecule is Cc1[nH]nc2c1[C@@H](c1ccccc1C(F)(F)F)SCC(=O)N2. The molecule has 116 valence electrons. The number of alkyl halides is 3. The molecule has 1 atom stereocenters. The molecule has 2 heterocycles. The molecule has 1 amide bonds. The Kier molecular flexibility index (Phi) is 3.64. The van der Waals surface area contributed by atoms with Gasteiger partial charge in [0, 0.05) is 11.3 Å². The minimum atomic E-state index is -4.45. The summed E-state index contributed by atoms with van der Waals surface area (Å²) in [7, 11) is 0. The van der Waals surface area contributed by atoms with Crippen LogP contribution in [0.2, 0.25) is 0 Å². The van der Waals surface area contributed by atoms with Crippen molar-refractivity contribution >= 4 is 23.5 Å². The second-order valence-corrected chi connectivity index (χ2v) is 6.03. The summed E-state index contributed by atoms with van der Waals surface area (Å²) >= 11 is 1.16. The third kappa shape index (κ3) is 2.58. The molecule has 4 nitrogen and oxygen atoms in total. The molecule has 22 heavy (non-hydrogen) atoms. The quantitative estimate of drug-likeness (QED) is 0.843. The van der Waals surface area contributed by atoms with Gasteiger partial charge in [0.15, 0.2) is 5.82 Å². The normalized spacial score (nSPS) is 18.5. The summed E-state index contributed by atoms with van der Waals surface area (Å²) in [5, 5.41) is 8.72. The number of aryl methyl sites for hydroxylation is 1. The van der Waals surface area contributed by atoms with Crippen molar-refractivity contribution in [2.24, 2.45) is 0 Å². The zero-order valence-corrected chi connectivity index (χ0v) is 12.3. The Morgan fingerprint density at radius 1 is 1.32 bits per heavy atom. The third-order valence-corrected chi connectivity index (χ3v) is 4.70. The van der Waals surface area contributed by atoms with Crippen LogP contribution in [0.4, 0.5) is 19.0 Å². The van der Waals surface area contributed by atoms with Gasteiger partial charge < -0.3 is 5.32 Å². The molecule has 0 aliphatic carbocycles. The van der Waals surface area contributed by atoms with Gasteiger partial charge in [-0.3, -0.25) is 9.89 Å². The van der Waals surface area contributed by atoms with Gasteiger partial charge in [0.25, 0.3) is 0 Å². The minimum Gasteiger partial charge on any atom is -0.308 e. The minimum absolute atomic E-state index is 0.0760. The second-order valence-electron chi connectivity index (χ2n) is 4.94. The van der Waals surface area contributed by atoms with Crippen molar-refractivity contribution in [3.05, 3.63) is 46.6 Å². The Hall–Kier alpha value is -1.96. The summed E-state index contributed by atoms with van der Waals surface area (Å²) in [5.41, 5.74) is 0.690. The van der Waals surface area contributed by atoms with E-state index in [0.717, 1.165) is 17.8 Å². The Bertz CT molecular complexity index is 726. The van der Waals surface area contributed by atoms with Crippen molar-refractivity contribution in [3.8, 4) is 0 Å². The molecule has 0 unspecified atom stereocenters. The summed E-state index contributed by atoms with van der Waals surface area (Å²) in [6.07, 6.45) is -4.45. The predicted molar refractivity (Wildman–Crippen MR) is 77.7 cm³/mol. The highest BCUT2D eigenvalue weighted by atomic mass is 32.2. The summed E-state index contributed by atoms with van der Waals surface area (Å²) in [6, 6.07) is 5.44. The van der Waals surface area contributed by atoms with E-state index in [1.54, 1.807) is 13.0 Å². The number of nitrogens with zero attached hydrogens (tertiary/aromatic N) is 1. The molecule has 0 bridgehead atoms. The van der Waals surface area contributed by atoms with Gasteiger partial charge in [0.2, 0.25) is 5.91 Å². The fraction of sp³-hybridized carbons (Fsp3) is 0.286. The number of hydrogen-bond donors (Lipinski definition) is 2. The highest BCUT2D eigenvalue weighted by Gasteiger charge is 2.37. The first-order valence-corrected chi connectivity index (χ1v) is 7.55. The average Bonchev–Trinajstić information content (AvgIpc) is 2.71. The smallest absolute Gasteiger partial charge is 0.308 e. The molecular weight excluding hydrogens is 315 g/mol. The van der Waals surface area contributed by atoms with E-state index in [0.29, 0.717) is 17.1 Å². The lowest BCUT2D eigenvalue weighted by molar-refractivity contribution is -0.138. The van der Waals surface area contributed by atoms with Crippen molar-refractivity contribution in [3.63, 3.8) is 0 Å². The lowest BCUT2D eigenvalue weighted by atomic mass is 9.98. The van der Waals surface area contributed by atoms with E-state index >= 15 is 0 Å². The molecule has 1 aromatic carbocycles. The number of benzene rings is 1. The molecule has 1 aliphatic rings. The van der Waals surface area contributed by atoms with Crippen molar-refractivity contribution in [1.82, 2.24) is 10.2 Å². The van der Waals surface area contributed by atoms with Crippen molar-refractivity contribution in [1.29, 1.82) is 0 Å². The summed E-state index contributed by atoms with van der Waals surface area (Å²) in [4.78, 5) is 11.7. The number of halogens is 3. The van der Waals surface area contributed by atoms with E-state index < -0.39 is 17.0 Å². The Balaban J connectivity index is 2.17. The second kappa shape index (κ2) is 5.35. The van der Waals surface area contributed by atoms with Crippen LogP contribution in [0.1, 0.15) is 27.6 Å². The van der Waals surface area contributed by atoms with Gasteiger partial charge >= 0.3 is 6.18 Å². The molecule has 0 saturated carbocycles. The number of aromatic nitrogens is 2. The summed E-state index contributed by atoms with van der Waals surface area (Å²) in [6.45, 7) is 1.73. The molecule has 8 heteroatoms. The molecule has 2 aromatic rings. The Morgan fingerprint density at radius 3 is 2.77 bits per heavy atom. The van der Waals surface area contributed by atoms with Crippen molar-refractivity contribution in [2.45, 2.75) is 18.3 Å². The van der Waals surface area contributed by atoms with Crippen LogP contribution in [0.3, 0.4) is 0 Å². The van der Waals surface area contributed by atoms with Gasteiger partial charge in [-0.1, -0.05) is 18.2 Å². The van der Waals surface area contributed by atoms with E-state index in [1.807, 2.05) is 0 Å². The van der Waals surface area contributed by atoms with Gasteiger partial charge in [-0.15, -0.1) is 11.8 Å². The molecule has 1 aliphatic heterocycles. The highest BCUT2D eigenvalue weighted by Crippen LogP contribution is 2.46. The van der Waals surface area contributed by atoms with Gasteiger partial charge in [-0.05, 0) is 18.6 Å². The number of carbonyl (C=O) groups is 1. The molecule has 2 N–H and O–H groups in total. The van der Waals surface area contributed by atoms with Crippen LogP contribution in [0, 0.1) is 6.92 Å². The molecule has 0 spiro atoms. The molecule has 1 aromatic heterocycles. The summed E-state index contributed by atoms with van der Waals surface area (Å²) < 4.78 is 39.8. The van der Waals surface area contributed by atoms with Crippen molar-refractivity contribution in [2.75, 3.05) is 11.1 Å². The first kappa shape index (κ1) is 15.0. The number of anilines is 1. The largest absolute Gasteiger partial charge is 0.416 e. The fourth-order valence-corrected chi connectivity index (χ4v) is 3.72. The lowest BCUT2D eigenvalue weighted by Gasteiger charge is -2.20. The van der Waals surface area contributed by atoms with Gasteiger partial charge in [0.1, 0.15) is 0 Å². The Labute approximate surface area is 128 Å². The number of thioether (sulfide) groups is 1. The van der Waals surface area contributed by atoms with E-state index in [-0.39, 0.29) is 17.2 Å². The number of carbonyl (C=O) groups excluding carboxylic acids is 1. The maximum Gasteiger partial charge on any atom is 0.416 e. The number of rotatable bonds is 1. The van der Waals surface area contributed by atoms with Crippen LogP contribution in [0.15, 0.2) is 24.3 Å². The average molecular weight is 327 g/mol. The van der Waals surface area contributed by atoms with Crippen LogP contribution in [0.5, 0.6) is 0 Å². The zero-order valence-electron chi connectivity index (χ0n) is 11.5. The Morgan fingerprint density at radius 2 is 2.05 bits per heavy atom. The molecule has 0 fully saturated rings. The molecule has 0 saturated heterocycles.